The molecule has 0 aromatic heterocycles. The predicted octanol–water partition coefficient (Wildman–Crippen LogP) is 3.19. The van der Waals surface area contributed by atoms with E-state index < -0.39 is 0 Å². The van der Waals surface area contributed by atoms with Crippen LogP contribution in [0.25, 0.3) is 0 Å². The topological polar surface area (TPSA) is 43.1 Å². The molecule has 0 fully saturated rings. The van der Waals surface area contributed by atoms with Crippen LogP contribution in [0.4, 0.5) is 0 Å². The van der Waals surface area contributed by atoms with Gasteiger partial charge >= 0.3 is 0 Å². The molecule has 0 heterocycles. The molecule has 0 aliphatic rings. The quantitative estimate of drug-likeness (QED) is 0.547. The molecule has 0 unspecified atom stereocenters. The highest BCUT2D eigenvalue weighted by atomic mass is 16.6. The third kappa shape index (κ3) is 3.94. The van der Waals surface area contributed by atoms with Gasteiger partial charge in [-0.05, 0) is 24.5 Å². The van der Waals surface area contributed by atoms with E-state index in [1.165, 1.54) is 5.56 Å². The first-order valence-electron chi connectivity index (χ1n) is 5.11. The number of nitro groups is 1. The molecule has 0 saturated heterocycles. The number of benzene rings is 1. The number of hydrogen-bond donors (Lipinski definition) is 0. The van der Waals surface area contributed by atoms with Crippen molar-refractivity contribution >= 4 is 0 Å². The second-order valence-corrected chi connectivity index (χ2v) is 3.33. The SMILES string of the molecule is CC/C(=C\CCc1ccccc1)[N+](=O)[O-]. The molecule has 0 spiro atoms. The van der Waals surface area contributed by atoms with Crippen LogP contribution in [0.1, 0.15) is 25.3 Å². The lowest BCUT2D eigenvalue weighted by Crippen LogP contribution is -1.97. The first kappa shape index (κ1) is 11.4. The van der Waals surface area contributed by atoms with Crippen molar-refractivity contribution in [1.29, 1.82) is 0 Å². The van der Waals surface area contributed by atoms with E-state index in [4.69, 9.17) is 0 Å². The molecule has 0 atom stereocenters. The minimum absolute atomic E-state index is 0.301. The molecule has 80 valence electrons. The first-order valence-corrected chi connectivity index (χ1v) is 5.11. The average Bonchev–Trinajstić information content (AvgIpc) is 2.25. The monoisotopic (exact) mass is 205 g/mol. The van der Waals surface area contributed by atoms with E-state index in [9.17, 15) is 10.1 Å². The Kier molecular flexibility index (Phi) is 4.54. The molecule has 3 heteroatoms. The third-order valence-corrected chi connectivity index (χ3v) is 2.25. The molecule has 3 nitrogen and oxygen atoms in total. The number of allylic oxidation sites excluding steroid dienone is 2. The summed E-state index contributed by atoms with van der Waals surface area (Å²) in [6.07, 6.45) is 3.79. The van der Waals surface area contributed by atoms with Crippen molar-refractivity contribution in [2.45, 2.75) is 26.2 Å². The summed E-state index contributed by atoms with van der Waals surface area (Å²) in [5.74, 6) is 0. The molecular weight excluding hydrogens is 190 g/mol. The van der Waals surface area contributed by atoms with Gasteiger partial charge in [0.15, 0.2) is 0 Å². The molecule has 1 rings (SSSR count). The van der Waals surface area contributed by atoms with E-state index in [2.05, 4.69) is 0 Å². The highest BCUT2D eigenvalue weighted by Gasteiger charge is 2.05. The molecule has 1 aromatic carbocycles. The lowest BCUT2D eigenvalue weighted by Gasteiger charge is -1.97. The fraction of sp³-hybridized carbons (Fsp3) is 0.333. The molecule has 15 heavy (non-hydrogen) atoms. The largest absolute Gasteiger partial charge is 0.259 e. The van der Waals surface area contributed by atoms with E-state index in [1.54, 1.807) is 13.0 Å². The number of rotatable bonds is 5. The van der Waals surface area contributed by atoms with Gasteiger partial charge in [0.05, 0.1) is 4.92 Å². The Hall–Kier alpha value is -1.64. The summed E-state index contributed by atoms with van der Waals surface area (Å²) in [7, 11) is 0. The molecule has 0 saturated carbocycles. The molecule has 0 N–H and O–H groups in total. The van der Waals surface area contributed by atoms with Gasteiger partial charge < -0.3 is 0 Å². The predicted molar refractivity (Wildman–Crippen MR) is 60.1 cm³/mol. The second-order valence-electron chi connectivity index (χ2n) is 3.33. The lowest BCUT2D eigenvalue weighted by molar-refractivity contribution is -0.427. The van der Waals surface area contributed by atoms with Gasteiger partial charge in [-0.1, -0.05) is 37.3 Å². The fourth-order valence-electron chi connectivity index (χ4n) is 1.40. The summed E-state index contributed by atoms with van der Waals surface area (Å²) in [4.78, 5) is 10.2. The van der Waals surface area contributed by atoms with Crippen LogP contribution in [0.2, 0.25) is 0 Å². The standard InChI is InChI=1S/C12H15NO2/c1-2-12(13(14)15)10-6-9-11-7-4-3-5-8-11/h3-5,7-8,10H,2,6,9H2,1H3/b12-10+. The van der Waals surface area contributed by atoms with Gasteiger partial charge in [-0.25, -0.2) is 0 Å². The van der Waals surface area contributed by atoms with E-state index in [-0.39, 0.29) is 4.92 Å². The number of hydrogen-bond acceptors (Lipinski definition) is 2. The lowest BCUT2D eigenvalue weighted by atomic mass is 10.1. The van der Waals surface area contributed by atoms with Gasteiger partial charge in [0.1, 0.15) is 0 Å². The molecular formula is C12H15NO2. The fourth-order valence-corrected chi connectivity index (χ4v) is 1.40. The summed E-state index contributed by atoms with van der Waals surface area (Å²) < 4.78 is 0. The van der Waals surface area contributed by atoms with Gasteiger partial charge in [0.25, 0.3) is 0 Å². The van der Waals surface area contributed by atoms with Crippen molar-refractivity contribution in [2.24, 2.45) is 0 Å². The smallest absolute Gasteiger partial charge is 0.242 e. The van der Waals surface area contributed by atoms with Crippen molar-refractivity contribution in [2.75, 3.05) is 0 Å². The number of aryl methyl sites for hydroxylation is 1. The second kappa shape index (κ2) is 5.96. The zero-order chi connectivity index (χ0) is 11.1. The van der Waals surface area contributed by atoms with Crippen LogP contribution in [0, 0.1) is 10.1 Å². The van der Waals surface area contributed by atoms with E-state index in [1.807, 2.05) is 30.3 Å². The molecule has 0 aliphatic carbocycles. The van der Waals surface area contributed by atoms with Crippen molar-refractivity contribution in [3.63, 3.8) is 0 Å². The van der Waals surface area contributed by atoms with Crippen LogP contribution in [0.5, 0.6) is 0 Å². The van der Waals surface area contributed by atoms with Crippen LogP contribution in [0.15, 0.2) is 42.1 Å². The van der Waals surface area contributed by atoms with Gasteiger partial charge in [-0.2, -0.15) is 0 Å². The van der Waals surface area contributed by atoms with Crippen molar-refractivity contribution in [3.8, 4) is 0 Å². The van der Waals surface area contributed by atoms with E-state index >= 15 is 0 Å². The van der Waals surface area contributed by atoms with Crippen molar-refractivity contribution in [3.05, 3.63) is 57.8 Å². The van der Waals surface area contributed by atoms with Crippen molar-refractivity contribution < 1.29 is 4.92 Å². The van der Waals surface area contributed by atoms with Gasteiger partial charge in [0, 0.05) is 6.42 Å². The molecule has 0 amide bonds. The zero-order valence-corrected chi connectivity index (χ0v) is 8.85. The Bertz CT molecular complexity index is 344. The minimum Gasteiger partial charge on any atom is -0.259 e. The van der Waals surface area contributed by atoms with Crippen LogP contribution in [-0.2, 0) is 6.42 Å². The summed E-state index contributed by atoms with van der Waals surface area (Å²) in [6.45, 7) is 1.80. The van der Waals surface area contributed by atoms with E-state index in [0.717, 1.165) is 12.8 Å². The Labute approximate surface area is 89.6 Å². The Balaban J connectivity index is 2.48. The molecule has 0 bridgehead atoms. The number of nitrogens with zero attached hydrogens (tertiary/aromatic N) is 1. The van der Waals surface area contributed by atoms with Crippen LogP contribution < -0.4 is 0 Å². The average molecular weight is 205 g/mol. The molecule has 1 aromatic rings. The zero-order valence-electron chi connectivity index (χ0n) is 8.85. The Morgan fingerprint density at radius 3 is 2.60 bits per heavy atom. The third-order valence-electron chi connectivity index (χ3n) is 2.25. The summed E-state index contributed by atoms with van der Waals surface area (Å²) in [5, 5.41) is 10.5. The molecule has 0 radical (unpaired) electrons. The van der Waals surface area contributed by atoms with Gasteiger partial charge in [-0.3, -0.25) is 10.1 Å². The minimum atomic E-state index is -0.301. The molecule has 0 aliphatic heterocycles. The van der Waals surface area contributed by atoms with Crippen LogP contribution in [0.3, 0.4) is 0 Å². The first-order chi connectivity index (χ1) is 7.24. The Morgan fingerprint density at radius 1 is 1.40 bits per heavy atom. The van der Waals surface area contributed by atoms with E-state index in [0.29, 0.717) is 12.1 Å². The summed E-state index contributed by atoms with van der Waals surface area (Å²) >= 11 is 0. The summed E-state index contributed by atoms with van der Waals surface area (Å²) in [6, 6.07) is 9.99. The highest BCUT2D eigenvalue weighted by Crippen LogP contribution is 2.07. The maximum Gasteiger partial charge on any atom is 0.242 e. The van der Waals surface area contributed by atoms with Gasteiger partial charge in [-0.15, -0.1) is 0 Å². The Morgan fingerprint density at radius 2 is 2.07 bits per heavy atom. The van der Waals surface area contributed by atoms with Crippen LogP contribution >= 0.6 is 0 Å². The maximum absolute atomic E-state index is 10.5. The summed E-state index contributed by atoms with van der Waals surface area (Å²) in [5.41, 5.74) is 1.53. The van der Waals surface area contributed by atoms with Gasteiger partial charge in [0.2, 0.25) is 5.70 Å². The maximum atomic E-state index is 10.5. The van der Waals surface area contributed by atoms with Crippen LogP contribution in [-0.4, -0.2) is 4.92 Å². The normalized spacial score (nSPS) is 11.4. The highest BCUT2D eigenvalue weighted by molar-refractivity contribution is 5.15. The van der Waals surface area contributed by atoms with Crippen molar-refractivity contribution in [1.82, 2.24) is 0 Å².